The highest BCUT2D eigenvalue weighted by molar-refractivity contribution is 9.09. The van der Waals surface area contributed by atoms with Crippen LogP contribution in [-0.2, 0) is 20.9 Å². The summed E-state index contributed by atoms with van der Waals surface area (Å²) in [6.45, 7) is 1.38. The predicted molar refractivity (Wildman–Crippen MR) is 89.9 cm³/mol. The summed E-state index contributed by atoms with van der Waals surface area (Å²) in [5, 5.41) is 10.3. The van der Waals surface area contributed by atoms with Crippen molar-refractivity contribution < 1.29 is 19.4 Å². The van der Waals surface area contributed by atoms with Crippen molar-refractivity contribution in [2.45, 2.75) is 44.3 Å². The van der Waals surface area contributed by atoms with Crippen molar-refractivity contribution >= 4 is 21.9 Å². The Morgan fingerprint density at radius 1 is 1.18 bits per heavy atom. The van der Waals surface area contributed by atoms with Crippen molar-refractivity contribution in [3.63, 3.8) is 0 Å². The van der Waals surface area contributed by atoms with Gasteiger partial charge in [-0.25, -0.2) is 4.79 Å². The fourth-order valence-corrected chi connectivity index (χ4v) is 2.66. The molecule has 0 amide bonds. The first kappa shape index (κ1) is 19.1. The van der Waals surface area contributed by atoms with Gasteiger partial charge in [-0.3, -0.25) is 0 Å². The first-order valence-electron chi connectivity index (χ1n) is 7.61. The maximum absolute atomic E-state index is 11.5. The largest absolute Gasteiger partial charge is 0.467 e. The summed E-state index contributed by atoms with van der Waals surface area (Å²) in [6, 6.07) is 10.1. The van der Waals surface area contributed by atoms with Gasteiger partial charge in [0.1, 0.15) is 0 Å². The van der Waals surface area contributed by atoms with Crippen LogP contribution in [0.4, 0.5) is 0 Å². The zero-order valence-electron chi connectivity index (χ0n) is 13.1. The predicted octanol–water partition coefficient (Wildman–Crippen LogP) is 3.45. The lowest BCUT2D eigenvalue weighted by Gasteiger charge is -2.22. The lowest BCUT2D eigenvalue weighted by atomic mass is 9.98. The molecular weight excluding hydrogens is 348 g/mol. The van der Waals surface area contributed by atoms with Gasteiger partial charge in [-0.1, -0.05) is 59.1 Å². The summed E-state index contributed by atoms with van der Waals surface area (Å²) in [4.78, 5) is 11.5. The summed E-state index contributed by atoms with van der Waals surface area (Å²) in [5.74, 6) is -0.574. The summed E-state index contributed by atoms with van der Waals surface area (Å²) < 4.78 is 10.2. The van der Waals surface area contributed by atoms with E-state index in [2.05, 4.69) is 20.7 Å². The third kappa shape index (κ3) is 6.90. The molecule has 0 aliphatic carbocycles. The van der Waals surface area contributed by atoms with Crippen LogP contribution in [0.25, 0.3) is 0 Å². The molecule has 0 spiro atoms. The fraction of sp³-hybridized carbons (Fsp3) is 0.588. The average Bonchev–Trinajstić information content (AvgIpc) is 2.57. The molecule has 4 nitrogen and oxygen atoms in total. The first-order valence-corrected chi connectivity index (χ1v) is 8.73. The van der Waals surface area contributed by atoms with E-state index in [-0.39, 0.29) is 5.33 Å². The van der Waals surface area contributed by atoms with E-state index in [9.17, 15) is 9.90 Å². The van der Waals surface area contributed by atoms with Gasteiger partial charge in [0, 0.05) is 11.9 Å². The van der Waals surface area contributed by atoms with Crippen molar-refractivity contribution in [1.29, 1.82) is 0 Å². The summed E-state index contributed by atoms with van der Waals surface area (Å²) in [5.41, 5.74) is -0.221. The van der Waals surface area contributed by atoms with Crippen molar-refractivity contribution in [3.8, 4) is 0 Å². The Morgan fingerprint density at radius 3 is 2.50 bits per heavy atom. The van der Waals surface area contributed by atoms with Gasteiger partial charge in [0.05, 0.1) is 13.7 Å². The van der Waals surface area contributed by atoms with E-state index < -0.39 is 11.6 Å². The Hall–Kier alpha value is -0.910. The third-order valence-electron chi connectivity index (χ3n) is 3.53. The first-order chi connectivity index (χ1) is 10.6. The molecule has 0 aliphatic rings. The number of esters is 1. The van der Waals surface area contributed by atoms with Gasteiger partial charge in [0.25, 0.3) is 0 Å². The smallest absolute Gasteiger partial charge is 0.338 e. The van der Waals surface area contributed by atoms with Gasteiger partial charge in [-0.2, -0.15) is 0 Å². The van der Waals surface area contributed by atoms with Crippen LogP contribution >= 0.6 is 15.9 Å². The Bertz CT molecular complexity index is 424. The number of carbonyl (C=O) groups excluding carboxylic acids is 1. The second kappa shape index (κ2) is 10.8. The molecule has 0 saturated heterocycles. The van der Waals surface area contributed by atoms with Gasteiger partial charge in [0.15, 0.2) is 5.60 Å². The monoisotopic (exact) mass is 372 g/mol. The van der Waals surface area contributed by atoms with Gasteiger partial charge >= 0.3 is 5.97 Å². The normalized spacial score (nSPS) is 13.6. The number of aliphatic hydroxyl groups is 1. The van der Waals surface area contributed by atoms with E-state index in [1.165, 1.54) is 12.7 Å². The van der Waals surface area contributed by atoms with Crippen LogP contribution in [0, 0.1) is 0 Å². The summed E-state index contributed by atoms with van der Waals surface area (Å²) >= 11 is 3.17. The molecule has 0 heterocycles. The lowest BCUT2D eigenvalue weighted by molar-refractivity contribution is -0.160. The van der Waals surface area contributed by atoms with Crippen LogP contribution in [0.15, 0.2) is 30.3 Å². The topological polar surface area (TPSA) is 55.8 Å². The molecule has 0 fully saturated rings. The number of carbonyl (C=O) groups is 1. The van der Waals surface area contributed by atoms with E-state index in [1.807, 2.05) is 30.3 Å². The SMILES string of the molecule is COC(=O)[C@](O)(CBr)CCCCCCOCc1ccccc1. The Labute approximate surface area is 140 Å². The Morgan fingerprint density at radius 2 is 1.86 bits per heavy atom. The number of hydrogen-bond acceptors (Lipinski definition) is 4. The third-order valence-corrected chi connectivity index (χ3v) is 4.45. The highest BCUT2D eigenvalue weighted by atomic mass is 79.9. The van der Waals surface area contributed by atoms with Gasteiger partial charge in [0.2, 0.25) is 0 Å². The summed E-state index contributed by atoms with van der Waals surface area (Å²) in [7, 11) is 1.29. The number of alkyl halides is 1. The molecule has 5 heteroatoms. The molecule has 22 heavy (non-hydrogen) atoms. The molecule has 0 aliphatic heterocycles. The van der Waals surface area contributed by atoms with Crippen LogP contribution in [0.5, 0.6) is 0 Å². The van der Waals surface area contributed by atoms with E-state index in [1.54, 1.807) is 0 Å². The van der Waals surface area contributed by atoms with Gasteiger partial charge in [-0.05, 0) is 24.8 Å². The molecule has 0 saturated carbocycles. The number of hydrogen-bond donors (Lipinski definition) is 1. The van der Waals surface area contributed by atoms with Gasteiger partial charge in [-0.15, -0.1) is 0 Å². The summed E-state index contributed by atoms with van der Waals surface area (Å²) in [6.07, 6.45) is 4.17. The fourth-order valence-electron chi connectivity index (χ4n) is 2.15. The number of halogens is 1. The van der Waals surface area contributed by atoms with Crippen molar-refractivity contribution in [2.75, 3.05) is 19.0 Å². The average molecular weight is 373 g/mol. The molecule has 0 radical (unpaired) electrons. The number of methoxy groups -OCH3 is 1. The molecule has 0 bridgehead atoms. The van der Waals surface area contributed by atoms with Crippen LogP contribution in [0.2, 0.25) is 0 Å². The second-order valence-electron chi connectivity index (χ2n) is 5.36. The maximum Gasteiger partial charge on any atom is 0.338 e. The Balaban J connectivity index is 2.05. The molecular formula is C17H25BrO4. The quantitative estimate of drug-likeness (QED) is 0.367. The zero-order chi connectivity index (χ0) is 16.3. The second-order valence-corrected chi connectivity index (χ2v) is 5.92. The highest BCUT2D eigenvalue weighted by Crippen LogP contribution is 2.20. The molecule has 1 aromatic rings. The van der Waals surface area contributed by atoms with E-state index >= 15 is 0 Å². The molecule has 0 aromatic heterocycles. The molecule has 1 aromatic carbocycles. The van der Waals surface area contributed by atoms with Crippen molar-refractivity contribution in [1.82, 2.24) is 0 Å². The molecule has 0 unspecified atom stereocenters. The number of ether oxygens (including phenoxy) is 2. The lowest BCUT2D eigenvalue weighted by Crippen LogP contribution is -2.41. The van der Waals surface area contributed by atoms with Crippen molar-refractivity contribution in [2.24, 2.45) is 0 Å². The number of rotatable bonds is 11. The van der Waals surface area contributed by atoms with E-state index in [4.69, 9.17) is 4.74 Å². The minimum atomic E-state index is -1.40. The minimum absolute atomic E-state index is 0.201. The van der Waals surface area contributed by atoms with Gasteiger partial charge < -0.3 is 14.6 Å². The van der Waals surface area contributed by atoms with Crippen LogP contribution in [0.3, 0.4) is 0 Å². The number of unbranched alkanes of at least 4 members (excludes halogenated alkanes) is 3. The minimum Gasteiger partial charge on any atom is -0.467 e. The van der Waals surface area contributed by atoms with E-state index in [0.717, 1.165) is 32.3 Å². The Kier molecular flexibility index (Phi) is 9.36. The highest BCUT2D eigenvalue weighted by Gasteiger charge is 2.35. The van der Waals surface area contributed by atoms with Crippen molar-refractivity contribution in [3.05, 3.63) is 35.9 Å². The molecule has 1 N–H and O–H groups in total. The van der Waals surface area contributed by atoms with E-state index in [0.29, 0.717) is 13.0 Å². The number of benzene rings is 1. The standard InChI is InChI=1S/C17H25BrO4/c1-21-16(19)17(20,14-18)11-7-2-3-8-12-22-13-15-9-5-4-6-10-15/h4-6,9-10,20H,2-3,7-8,11-14H2,1H3/t17-/m1/s1. The molecule has 124 valence electrons. The molecule has 1 rings (SSSR count). The zero-order valence-corrected chi connectivity index (χ0v) is 14.7. The molecule has 1 atom stereocenters. The van der Waals surface area contributed by atoms with Crippen LogP contribution < -0.4 is 0 Å². The van der Waals surface area contributed by atoms with Crippen LogP contribution in [-0.4, -0.2) is 35.7 Å². The maximum atomic E-state index is 11.5. The van der Waals surface area contributed by atoms with Crippen LogP contribution in [0.1, 0.15) is 37.7 Å².